The summed E-state index contributed by atoms with van der Waals surface area (Å²) >= 11 is 0. The van der Waals surface area contributed by atoms with E-state index in [1.54, 1.807) is 0 Å². The first-order valence-corrected chi connectivity index (χ1v) is 4.97. The maximum Gasteiger partial charge on any atom is -0.00493 e. The lowest BCUT2D eigenvalue weighted by molar-refractivity contribution is 0.269. The molecule has 1 nitrogen and oxygen atoms in total. The molecule has 11 heavy (non-hydrogen) atoms. The maximum absolute atomic E-state index is 3.23. The highest BCUT2D eigenvalue weighted by molar-refractivity contribution is 4.70. The summed E-state index contributed by atoms with van der Waals surface area (Å²) in [5.41, 5.74) is 0. The molecule has 0 heterocycles. The second-order valence-corrected chi connectivity index (χ2v) is 4.03. The van der Waals surface area contributed by atoms with E-state index in [9.17, 15) is 0 Å². The van der Waals surface area contributed by atoms with Crippen molar-refractivity contribution in [2.75, 3.05) is 13.6 Å². The van der Waals surface area contributed by atoms with Gasteiger partial charge in [0.25, 0.3) is 0 Å². The molecule has 2 unspecified atom stereocenters. The molecule has 0 bridgehead atoms. The van der Waals surface area contributed by atoms with Gasteiger partial charge in [0.2, 0.25) is 0 Å². The van der Waals surface area contributed by atoms with Gasteiger partial charge in [-0.25, -0.2) is 0 Å². The van der Waals surface area contributed by atoms with Gasteiger partial charge in [-0.15, -0.1) is 0 Å². The van der Waals surface area contributed by atoms with Crippen LogP contribution in [0, 0.1) is 11.8 Å². The van der Waals surface area contributed by atoms with E-state index in [0.29, 0.717) is 0 Å². The van der Waals surface area contributed by atoms with Crippen molar-refractivity contribution in [2.24, 2.45) is 11.8 Å². The Bertz CT molecular complexity index is 101. The minimum Gasteiger partial charge on any atom is -0.320 e. The topological polar surface area (TPSA) is 12.0 Å². The molecule has 1 aliphatic rings. The summed E-state index contributed by atoms with van der Waals surface area (Å²) in [5.74, 6) is 2.01. The van der Waals surface area contributed by atoms with Crippen molar-refractivity contribution in [2.45, 2.75) is 39.0 Å². The molecule has 1 N–H and O–H groups in total. The van der Waals surface area contributed by atoms with Crippen LogP contribution >= 0.6 is 0 Å². The fourth-order valence-corrected chi connectivity index (χ4v) is 2.17. The summed E-state index contributed by atoms with van der Waals surface area (Å²) in [7, 11) is 2.05. The lowest BCUT2D eigenvalue weighted by atomic mass is 9.81. The quantitative estimate of drug-likeness (QED) is 0.660. The van der Waals surface area contributed by atoms with Crippen molar-refractivity contribution in [3.8, 4) is 0 Å². The fraction of sp³-hybridized carbons (Fsp3) is 1.00. The summed E-state index contributed by atoms with van der Waals surface area (Å²) in [6.07, 6.45) is 7.28. The Labute approximate surface area is 70.6 Å². The smallest absolute Gasteiger partial charge is 0.00493 e. The van der Waals surface area contributed by atoms with Crippen LogP contribution in [0.15, 0.2) is 0 Å². The first-order valence-electron chi connectivity index (χ1n) is 4.97. The van der Waals surface area contributed by atoms with Crippen LogP contribution in [0.2, 0.25) is 0 Å². The van der Waals surface area contributed by atoms with Crippen LogP contribution in [0.5, 0.6) is 0 Å². The van der Waals surface area contributed by atoms with Gasteiger partial charge in [0.05, 0.1) is 0 Å². The van der Waals surface area contributed by atoms with Crippen LogP contribution in [0.4, 0.5) is 0 Å². The highest BCUT2D eigenvalue weighted by Crippen LogP contribution is 2.30. The van der Waals surface area contributed by atoms with Crippen molar-refractivity contribution >= 4 is 0 Å². The molecule has 66 valence electrons. The summed E-state index contributed by atoms with van der Waals surface area (Å²) < 4.78 is 0. The average molecular weight is 155 g/mol. The number of rotatable bonds is 3. The number of hydrogen-bond donors (Lipinski definition) is 1. The standard InChI is InChI=1S/C10H21N/c1-9-4-3-5-10(8-9)6-7-11-2/h9-11H,3-8H2,1-2H3. The lowest BCUT2D eigenvalue weighted by Crippen LogP contribution is -2.18. The van der Waals surface area contributed by atoms with E-state index in [-0.39, 0.29) is 0 Å². The third-order valence-corrected chi connectivity index (χ3v) is 2.85. The summed E-state index contributed by atoms with van der Waals surface area (Å²) in [4.78, 5) is 0. The van der Waals surface area contributed by atoms with Crippen molar-refractivity contribution in [3.05, 3.63) is 0 Å². The van der Waals surface area contributed by atoms with E-state index in [4.69, 9.17) is 0 Å². The molecule has 0 aliphatic heterocycles. The zero-order valence-corrected chi connectivity index (χ0v) is 7.90. The van der Waals surface area contributed by atoms with Gasteiger partial charge in [-0.2, -0.15) is 0 Å². The number of hydrogen-bond acceptors (Lipinski definition) is 1. The molecule has 0 amide bonds. The van der Waals surface area contributed by atoms with Crippen LogP contribution in [-0.4, -0.2) is 13.6 Å². The normalized spacial score (nSPS) is 32.2. The predicted molar refractivity (Wildman–Crippen MR) is 49.7 cm³/mol. The maximum atomic E-state index is 3.23. The molecule has 0 spiro atoms. The monoisotopic (exact) mass is 155 g/mol. The van der Waals surface area contributed by atoms with Gasteiger partial charge < -0.3 is 5.32 Å². The zero-order chi connectivity index (χ0) is 8.10. The first kappa shape index (κ1) is 9.05. The van der Waals surface area contributed by atoms with Crippen LogP contribution in [-0.2, 0) is 0 Å². The Morgan fingerprint density at radius 3 is 2.82 bits per heavy atom. The minimum atomic E-state index is 0.991. The Balaban J connectivity index is 2.12. The Hall–Kier alpha value is -0.0400. The first-order chi connectivity index (χ1) is 5.33. The Morgan fingerprint density at radius 2 is 2.18 bits per heavy atom. The van der Waals surface area contributed by atoms with Crippen molar-refractivity contribution < 1.29 is 0 Å². The Morgan fingerprint density at radius 1 is 1.36 bits per heavy atom. The van der Waals surface area contributed by atoms with Gasteiger partial charge in [-0.1, -0.05) is 26.2 Å². The molecule has 1 aliphatic carbocycles. The van der Waals surface area contributed by atoms with Gasteiger partial charge in [-0.05, 0) is 38.3 Å². The van der Waals surface area contributed by atoms with Crippen LogP contribution < -0.4 is 5.32 Å². The highest BCUT2D eigenvalue weighted by atomic mass is 14.8. The second-order valence-electron chi connectivity index (χ2n) is 4.03. The zero-order valence-electron chi connectivity index (χ0n) is 7.90. The van der Waals surface area contributed by atoms with Gasteiger partial charge in [0.15, 0.2) is 0 Å². The van der Waals surface area contributed by atoms with Crippen molar-refractivity contribution in [3.63, 3.8) is 0 Å². The summed E-state index contributed by atoms with van der Waals surface area (Å²) in [6.45, 7) is 3.60. The molecule has 0 radical (unpaired) electrons. The van der Waals surface area contributed by atoms with Crippen molar-refractivity contribution in [1.29, 1.82) is 0 Å². The molecule has 1 rings (SSSR count). The molecule has 0 aromatic carbocycles. The summed E-state index contributed by atoms with van der Waals surface area (Å²) in [5, 5.41) is 3.23. The Kier molecular flexibility index (Phi) is 3.92. The van der Waals surface area contributed by atoms with E-state index >= 15 is 0 Å². The molecular formula is C10H21N. The molecule has 0 aromatic heterocycles. The molecule has 1 saturated carbocycles. The molecular weight excluding hydrogens is 134 g/mol. The molecule has 0 saturated heterocycles. The largest absolute Gasteiger partial charge is 0.320 e. The third kappa shape index (κ3) is 3.24. The summed E-state index contributed by atoms with van der Waals surface area (Å²) in [6, 6.07) is 0. The second kappa shape index (κ2) is 4.76. The average Bonchev–Trinajstić information content (AvgIpc) is 2.01. The third-order valence-electron chi connectivity index (χ3n) is 2.85. The fourth-order valence-electron chi connectivity index (χ4n) is 2.17. The molecule has 2 atom stereocenters. The number of nitrogens with one attached hydrogen (secondary N) is 1. The molecule has 0 aromatic rings. The predicted octanol–water partition coefficient (Wildman–Crippen LogP) is 2.42. The van der Waals surface area contributed by atoms with Gasteiger partial charge in [0.1, 0.15) is 0 Å². The van der Waals surface area contributed by atoms with E-state index < -0.39 is 0 Å². The minimum absolute atomic E-state index is 0.991. The lowest BCUT2D eigenvalue weighted by Gasteiger charge is -2.26. The van der Waals surface area contributed by atoms with E-state index in [2.05, 4.69) is 12.2 Å². The molecule has 1 heteroatoms. The van der Waals surface area contributed by atoms with E-state index in [0.717, 1.165) is 11.8 Å². The van der Waals surface area contributed by atoms with Crippen molar-refractivity contribution in [1.82, 2.24) is 5.32 Å². The van der Waals surface area contributed by atoms with Gasteiger partial charge in [0, 0.05) is 0 Å². The molecule has 1 fully saturated rings. The van der Waals surface area contributed by atoms with E-state index in [1.165, 1.54) is 38.6 Å². The van der Waals surface area contributed by atoms with Gasteiger partial charge >= 0.3 is 0 Å². The van der Waals surface area contributed by atoms with E-state index in [1.807, 2.05) is 7.05 Å². The highest BCUT2D eigenvalue weighted by Gasteiger charge is 2.17. The van der Waals surface area contributed by atoms with Crippen LogP contribution in [0.25, 0.3) is 0 Å². The van der Waals surface area contributed by atoms with Gasteiger partial charge in [-0.3, -0.25) is 0 Å². The van der Waals surface area contributed by atoms with Crippen LogP contribution in [0.1, 0.15) is 39.0 Å². The van der Waals surface area contributed by atoms with Crippen LogP contribution in [0.3, 0.4) is 0 Å². The SMILES string of the molecule is CNCCC1CCCC(C)C1.